The summed E-state index contributed by atoms with van der Waals surface area (Å²) in [6, 6.07) is 0. The largest absolute Gasteiger partial charge is 0.301 e. The molecule has 2 nitrogen and oxygen atoms in total. The Hall–Kier alpha value is -0.370. The van der Waals surface area contributed by atoms with Crippen LogP contribution in [0.15, 0.2) is 0 Å². The van der Waals surface area contributed by atoms with Gasteiger partial charge in [0.05, 0.1) is 6.54 Å². The number of ketones is 1. The molecule has 0 aromatic carbocycles. The van der Waals surface area contributed by atoms with Crippen LogP contribution in [0.25, 0.3) is 0 Å². The maximum Gasteiger partial charge on any atom is 0.151 e. The van der Waals surface area contributed by atoms with Crippen molar-refractivity contribution in [1.82, 2.24) is 5.32 Å². The van der Waals surface area contributed by atoms with Gasteiger partial charge < -0.3 is 5.32 Å². The molecule has 0 spiro atoms. The van der Waals surface area contributed by atoms with E-state index < -0.39 is 0 Å². The first-order valence-corrected chi connectivity index (χ1v) is 2.33. The first-order valence-electron chi connectivity index (χ1n) is 2.33. The molecular weight excluding hydrogens is 90.1 g/mol. The quantitative estimate of drug-likeness (QED) is 0.470. The molecule has 7 heavy (non-hydrogen) atoms. The van der Waals surface area contributed by atoms with Gasteiger partial charge >= 0.3 is 0 Å². The second-order valence-corrected chi connectivity index (χ2v) is 1.52. The summed E-state index contributed by atoms with van der Waals surface area (Å²) in [5, 5.41) is 2.73. The van der Waals surface area contributed by atoms with E-state index in [9.17, 15) is 4.79 Å². The molecule has 0 aliphatic carbocycles. The highest BCUT2D eigenvalue weighted by Gasteiger charge is 2.06. The van der Waals surface area contributed by atoms with Gasteiger partial charge in [-0.1, -0.05) is 0 Å². The fraction of sp³-hybridized carbons (Fsp3) is 0.400. The van der Waals surface area contributed by atoms with Crippen molar-refractivity contribution in [3.8, 4) is 0 Å². The van der Waals surface area contributed by atoms with Gasteiger partial charge in [0, 0.05) is 13.0 Å². The van der Waals surface area contributed by atoms with Gasteiger partial charge in [0.15, 0.2) is 5.78 Å². The third-order valence-corrected chi connectivity index (χ3v) is 0.897. The normalized spacial score (nSPS) is 22.6. The molecule has 1 heterocycles. The van der Waals surface area contributed by atoms with E-state index in [0.717, 1.165) is 6.42 Å². The predicted molar refractivity (Wildman–Crippen MR) is 26.0 cm³/mol. The summed E-state index contributed by atoms with van der Waals surface area (Å²) in [4.78, 5) is 10.3. The minimum absolute atomic E-state index is 0.197. The highest BCUT2D eigenvalue weighted by Crippen LogP contribution is 2.00. The first kappa shape index (κ1) is 4.78. The van der Waals surface area contributed by atoms with Crippen molar-refractivity contribution in [2.75, 3.05) is 0 Å². The second-order valence-electron chi connectivity index (χ2n) is 1.52. The SMILES string of the molecule is O=C1[CH]N[CH]CC1. The molecule has 1 N–H and O–H groups in total. The van der Waals surface area contributed by atoms with Crippen LogP contribution in [0.4, 0.5) is 0 Å². The van der Waals surface area contributed by atoms with Gasteiger partial charge in [0.1, 0.15) is 0 Å². The molecular formula is C5H7NO. The maximum atomic E-state index is 10.3. The Labute approximate surface area is 42.9 Å². The summed E-state index contributed by atoms with van der Waals surface area (Å²) >= 11 is 0. The van der Waals surface area contributed by atoms with Crippen molar-refractivity contribution in [3.05, 3.63) is 13.1 Å². The molecule has 1 aliphatic heterocycles. The number of piperidine rings is 1. The minimum atomic E-state index is 0.197. The lowest BCUT2D eigenvalue weighted by Crippen LogP contribution is -2.19. The Kier molecular flexibility index (Phi) is 1.42. The van der Waals surface area contributed by atoms with Crippen LogP contribution in [0, 0.1) is 13.1 Å². The highest BCUT2D eigenvalue weighted by atomic mass is 16.1. The van der Waals surface area contributed by atoms with Crippen LogP contribution in [-0.2, 0) is 4.79 Å². The molecule has 2 heteroatoms. The van der Waals surface area contributed by atoms with Crippen LogP contribution in [0.2, 0.25) is 0 Å². The molecule has 0 aromatic rings. The molecule has 1 fully saturated rings. The van der Waals surface area contributed by atoms with Gasteiger partial charge in [-0.15, -0.1) is 0 Å². The van der Waals surface area contributed by atoms with Gasteiger partial charge in [-0.2, -0.15) is 0 Å². The first-order chi connectivity index (χ1) is 3.39. The average Bonchev–Trinajstić information content (AvgIpc) is 1.69. The van der Waals surface area contributed by atoms with Crippen molar-refractivity contribution in [3.63, 3.8) is 0 Å². The monoisotopic (exact) mass is 97.1 g/mol. The van der Waals surface area contributed by atoms with Gasteiger partial charge in [-0.05, 0) is 6.42 Å². The molecule has 0 bridgehead atoms. The summed E-state index contributed by atoms with van der Waals surface area (Å²) < 4.78 is 0. The van der Waals surface area contributed by atoms with Crippen LogP contribution in [0.1, 0.15) is 12.8 Å². The van der Waals surface area contributed by atoms with Crippen LogP contribution >= 0.6 is 0 Å². The number of rotatable bonds is 0. The van der Waals surface area contributed by atoms with Gasteiger partial charge in [-0.3, -0.25) is 4.79 Å². The topological polar surface area (TPSA) is 29.1 Å². The lowest BCUT2D eigenvalue weighted by Gasteiger charge is -2.06. The Morgan fingerprint density at radius 3 is 2.86 bits per heavy atom. The lowest BCUT2D eigenvalue weighted by atomic mass is 10.1. The van der Waals surface area contributed by atoms with Crippen molar-refractivity contribution in [1.29, 1.82) is 0 Å². The summed E-state index contributed by atoms with van der Waals surface area (Å²) in [7, 11) is 0. The fourth-order valence-electron chi connectivity index (χ4n) is 0.522. The zero-order valence-electron chi connectivity index (χ0n) is 3.98. The summed E-state index contributed by atoms with van der Waals surface area (Å²) in [6.45, 7) is 3.37. The van der Waals surface area contributed by atoms with E-state index in [1.54, 1.807) is 0 Å². The molecule has 1 aliphatic rings. The molecule has 0 amide bonds. The molecule has 1 rings (SSSR count). The number of hydrogen-bond donors (Lipinski definition) is 1. The number of carbonyl (C=O) groups excluding carboxylic acids is 1. The summed E-state index contributed by atoms with van der Waals surface area (Å²) in [5.41, 5.74) is 0. The molecule has 0 unspecified atom stereocenters. The summed E-state index contributed by atoms with van der Waals surface area (Å²) in [6.07, 6.45) is 1.54. The van der Waals surface area contributed by atoms with Gasteiger partial charge in [0.25, 0.3) is 0 Å². The smallest absolute Gasteiger partial charge is 0.151 e. The maximum absolute atomic E-state index is 10.3. The van der Waals surface area contributed by atoms with E-state index in [2.05, 4.69) is 5.32 Å². The Morgan fingerprint density at radius 2 is 2.57 bits per heavy atom. The van der Waals surface area contributed by atoms with E-state index >= 15 is 0 Å². The third kappa shape index (κ3) is 1.27. The van der Waals surface area contributed by atoms with Gasteiger partial charge in [0.2, 0.25) is 0 Å². The number of carbonyl (C=O) groups is 1. The Bertz CT molecular complexity index is 72.1. The highest BCUT2D eigenvalue weighted by molar-refractivity contribution is 5.87. The Balaban J connectivity index is 2.25. The van der Waals surface area contributed by atoms with Crippen molar-refractivity contribution < 1.29 is 4.79 Å². The standard InChI is InChI=1S/C5H7NO/c7-5-2-1-3-6-4-5/h3-4,6H,1-2H2. The van der Waals surface area contributed by atoms with Crippen LogP contribution < -0.4 is 5.32 Å². The van der Waals surface area contributed by atoms with E-state index in [1.165, 1.54) is 6.54 Å². The van der Waals surface area contributed by atoms with Crippen molar-refractivity contribution >= 4 is 5.78 Å². The van der Waals surface area contributed by atoms with E-state index in [1.807, 2.05) is 6.54 Å². The molecule has 0 saturated carbocycles. The van der Waals surface area contributed by atoms with E-state index in [4.69, 9.17) is 0 Å². The van der Waals surface area contributed by atoms with Crippen molar-refractivity contribution in [2.45, 2.75) is 12.8 Å². The molecule has 1 saturated heterocycles. The molecule has 2 radical (unpaired) electrons. The molecule has 0 aromatic heterocycles. The van der Waals surface area contributed by atoms with Crippen LogP contribution in [0.3, 0.4) is 0 Å². The zero-order chi connectivity index (χ0) is 5.11. The Morgan fingerprint density at radius 1 is 1.71 bits per heavy atom. The minimum Gasteiger partial charge on any atom is -0.301 e. The third-order valence-electron chi connectivity index (χ3n) is 0.897. The van der Waals surface area contributed by atoms with Crippen LogP contribution in [-0.4, -0.2) is 5.78 Å². The molecule has 0 atom stereocenters. The average molecular weight is 97.1 g/mol. The van der Waals surface area contributed by atoms with E-state index in [0.29, 0.717) is 6.42 Å². The lowest BCUT2D eigenvalue weighted by molar-refractivity contribution is -0.116. The number of hydrogen-bond acceptors (Lipinski definition) is 2. The zero-order valence-corrected chi connectivity index (χ0v) is 3.98. The number of nitrogens with one attached hydrogen (secondary N) is 1. The molecule has 38 valence electrons. The number of Topliss-reactive ketones (excluding diaryl/α,β-unsaturated/α-hetero) is 1. The fourth-order valence-corrected chi connectivity index (χ4v) is 0.522. The predicted octanol–water partition coefficient (Wildman–Crippen LogP) is 0.262. The van der Waals surface area contributed by atoms with E-state index in [-0.39, 0.29) is 5.78 Å². The van der Waals surface area contributed by atoms with Crippen LogP contribution in [0.5, 0.6) is 0 Å². The van der Waals surface area contributed by atoms with Gasteiger partial charge in [-0.25, -0.2) is 0 Å². The summed E-state index contributed by atoms with van der Waals surface area (Å²) in [5.74, 6) is 0.197. The van der Waals surface area contributed by atoms with Crippen molar-refractivity contribution in [2.24, 2.45) is 0 Å². The second kappa shape index (κ2) is 2.07.